The molecule has 4 aliphatic carbocycles. The van der Waals surface area contributed by atoms with Crippen molar-refractivity contribution in [2.24, 2.45) is 29.4 Å². The molecule has 0 bridgehead atoms. The van der Waals surface area contributed by atoms with Crippen LogP contribution < -0.4 is 21.7 Å². The second-order valence-corrected chi connectivity index (χ2v) is 14.5. The van der Waals surface area contributed by atoms with Crippen molar-refractivity contribution in [2.45, 2.75) is 92.7 Å². The van der Waals surface area contributed by atoms with E-state index in [2.05, 4.69) is 16.0 Å². The monoisotopic (exact) mass is 631 g/mol. The summed E-state index contributed by atoms with van der Waals surface area (Å²) in [6.07, 6.45) is 8.40. The average Bonchev–Trinajstić information content (AvgIpc) is 3.73. The fourth-order valence-corrected chi connectivity index (χ4v) is 8.31. The summed E-state index contributed by atoms with van der Waals surface area (Å²) in [7, 11) is 0. The summed E-state index contributed by atoms with van der Waals surface area (Å²) in [6, 6.07) is 4.63. The number of halogens is 2. The highest BCUT2D eigenvalue weighted by molar-refractivity contribution is 6.51. The van der Waals surface area contributed by atoms with Gasteiger partial charge in [-0.15, -0.1) is 23.2 Å². The van der Waals surface area contributed by atoms with E-state index in [1.807, 2.05) is 24.3 Å². The lowest BCUT2D eigenvalue weighted by molar-refractivity contribution is -0.143. The van der Waals surface area contributed by atoms with Crippen LogP contribution in [0, 0.1) is 23.7 Å². The maximum Gasteiger partial charge on any atom is 0.315 e. The topological polar surface area (TPSA) is 151 Å². The van der Waals surface area contributed by atoms with Gasteiger partial charge in [-0.2, -0.15) is 0 Å². The van der Waals surface area contributed by atoms with E-state index in [0.717, 1.165) is 56.1 Å². The minimum Gasteiger partial charge on any atom is -0.363 e. The van der Waals surface area contributed by atoms with Gasteiger partial charge >= 0.3 is 6.03 Å². The molecule has 5 N–H and O–H groups in total. The summed E-state index contributed by atoms with van der Waals surface area (Å²) in [6.45, 7) is 0.147. The van der Waals surface area contributed by atoms with Gasteiger partial charge in [0, 0.05) is 24.4 Å². The molecule has 2 unspecified atom stereocenters. The van der Waals surface area contributed by atoms with Gasteiger partial charge in [-0.05, 0) is 55.1 Å². The summed E-state index contributed by atoms with van der Waals surface area (Å²) in [5.41, 5.74) is 7.55. The number of nitrogens with one attached hydrogen (secondary N) is 3. The molecule has 232 valence electrons. The normalized spacial score (nSPS) is 27.4. The van der Waals surface area contributed by atoms with Gasteiger partial charge < -0.3 is 26.6 Å². The number of hydrogen-bond acceptors (Lipinski definition) is 5. The highest BCUT2D eigenvalue weighted by Crippen LogP contribution is 2.65. The maximum absolute atomic E-state index is 14.4. The number of likely N-dealkylation sites (tertiary alicyclic amines) is 1. The number of piperidine rings is 1. The van der Waals surface area contributed by atoms with Crippen molar-refractivity contribution in [3.05, 3.63) is 35.4 Å². The molecule has 1 aromatic rings. The van der Waals surface area contributed by atoms with Crippen LogP contribution in [0.3, 0.4) is 0 Å². The maximum atomic E-state index is 14.4. The van der Waals surface area contributed by atoms with Crippen LogP contribution in [-0.4, -0.2) is 69.5 Å². The molecule has 6 rings (SSSR count). The van der Waals surface area contributed by atoms with Crippen molar-refractivity contribution in [2.75, 3.05) is 6.54 Å². The lowest BCUT2D eigenvalue weighted by atomic mass is 9.94. The lowest BCUT2D eigenvalue weighted by Crippen LogP contribution is -2.60. The van der Waals surface area contributed by atoms with Gasteiger partial charge in [-0.3, -0.25) is 19.2 Å². The van der Waals surface area contributed by atoms with Crippen LogP contribution in [0.1, 0.15) is 62.5 Å². The average molecular weight is 633 g/mol. The molecular weight excluding hydrogens is 593 g/mol. The van der Waals surface area contributed by atoms with Gasteiger partial charge in [0.1, 0.15) is 16.4 Å². The number of carbonyl (C=O) groups is 5. The lowest BCUT2D eigenvalue weighted by Gasteiger charge is -2.35. The number of nitrogens with zero attached hydrogens (tertiary/aromatic N) is 1. The number of urea groups is 1. The molecule has 1 aliphatic heterocycles. The first-order valence-electron chi connectivity index (χ1n) is 15.5. The predicted octanol–water partition coefficient (Wildman–Crippen LogP) is 2.37. The number of Topliss-reactive ketones (excluding diaryl/α,β-unsaturated/α-hetero) is 1. The van der Waals surface area contributed by atoms with Crippen LogP contribution in [0.2, 0.25) is 0 Å². The van der Waals surface area contributed by atoms with E-state index in [1.54, 1.807) is 0 Å². The van der Waals surface area contributed by atoms with Gasteiger partial charge in [-0.25, -0.2) is 4.79 Å². The molecule has 43 heavy (non-hydrogen) atoms. The number of carbonyl (C=O) groups excluding carboxylic acids is 5. The van der Waals surface area contributed by atoms with Crippen LogP contribution >= 0.6 is 23.2 Å². The standard InChI is InChI=1S/C31H39Cl2N5O5/c32-31(33)21-15-38(25(23(21)31)28(41)36-22(12-16-10-11-16)26(39)27(34)40)29(42)24(19-13-17-6-4-5-7-18(17)14-19)37-30(43)35-20-8-2-1-3-9-20/h4-7,16,19-25H,1-3,8-15H2,(H2,34,40)(H,36,41)(H2,35,37,43)/t21?,22?,23-,24-,25-/m0/s1. The van der Waals surface area contributed by atoms with Crippen LogP contribution in [0.5, 0.6) is 0 Å². The van der Waals surface area contributed by atoms with E-state index in [-0.39, 0.29) is 36.2 Å². The second-order valence-electron chi connectivity index (χ2n) is 13.1. The molecule has 5 aliphatic rings. The van der Waals surface area contributed by atoms with Crippen molar-refractivity contribution in [1.29, 1.82) is 0 Å². The molecule has 0 aromatic heterocycles. The zero-order valence-corrected chi connectivity index (χ0v) is 25.5. The first kappa shape index (κ1) is 30.2. The van der Waals surface area contributed by atoms with Crippen LogP contribution in [-0.2, 0) is 32.0 Å². The van der Waals surface area contributed by atoms with E-state index >= 15 is 0 Å². The summed E-state index contributed by atoms with van der Waals surface area (Å²) < 4.78 is -1.19. The van der Waals surface area contributed by atoms with Crippen molar-refractivity contribution in [3.8, 4) is 0 Å². The molecule has 1 saturated heterocycles. The molecule has 12 heteroatoms. The van der Waals surface area contributed by atoms with Gasteiger partial charge in [0.05, 0.1) is 6.04 Å². The highest BCUT2D eigenvalue weighted by atomic mass is 35.5. The minimum absolute atomic E-state index is 0.0579. The Bertz CT molecular complexity index is 1290. The van der Waals surface area contributed by atoms with Crippen molar-refractivity contribution in [1.82, 2.24) is 20.9 Å². The number of amides is 5. The van der Waals surface area contributed by atoms with Crippen molar-refractivity contribution >= 4 is 52.7 Å². The third-order valence-corrected chi connectivity index (χ3v) is 11.1. The first-order valence-corrected chi connectivity index (χ1v) is 16.3. The minimum atomic E-state index is -1.19. The molecule has 10 nitrogen and oxygen atoms in total. The summed E-state index contributed by atoms with van der Waals surface area (Å²) >= 11 is 13.1. The van der Waals surface area contributed by atoms with Gasteiger partial charge in [0.25, 0.3) is 5.91 Å². The molecular formula is C31H39Cl2N5O5. The fourth-order valence-electron chi connectivity index (χ4n) is 7.48. The van der Waals surface area contributed by atoms with E-state index in [0.29, 0.717) is 19.3 Å². The van der Waals surface area contributed by atoms with Gasteiger partial charge in [0.15, 0.2) is 0 Å². The number of primary amides is 1. The van der Waals surface area contributed by atoms with E-state index in [1.165, 1.54) is 4.90 Å². The Balaban J connectivity index is 1.23. The number of ketones is 1. The smallest absolute Gasteiger partial charge is 0.315 e. The first-order chi connectivity index (χ1) is 20.5. The van der Waals surface area contributed by atoms with Crippen LogP contribution in [0.15, 0.2) is 24.3 Å². The van der Waals surface area contributed by atoms with Gasteiger partial charge in [0.2, 0.25) is 17.6 Å². The quantitative estimate of drug-likeness (QED) is 0.231. The van der Waals surface area contributed by atoms with E-state index in [4.69, 9.17) is 28.9 Å². The van der Waals surface area contributed by atoms with Crippen molar-refractivity contribution in [3.63, 3.8) is 0 Å². The molecule has 3 saturated carbocycles. The molecule has 1 heterocycles. The predicted molar refractivity (Wildman–Crippen MR) is 160 cm³/mol. The number of fused-ring (bicyclic) bond motifs is 2. The SMILES string of the molecule is NC(=O)C(=O)C(CC1CC1)NC(=O)[C@@H]1[C@@H]2C(CN1C(=O)[C@@H](NC(=O)NC1CCCCC1)C1Cc3ccccc3C1)C2(Cl)Cl. The van der Waals surface area contributed by atoms with Crippen LogP contribution in [0.4, 0.5) is 4.79 Å². The Morgan fingerprint density at radius 3 is 2.21 bits per heavy atom. The Labute approximate surface area is 261 Å². The Morgan fingerprint density at radius 1 is 0.953 bits per heavy atom. The number of rotatable bonds is 10. The number of nitrogens with two attached hydrogens (primary N) is 1. The largest absolute Gasteiger partial charge is 0.363 e. The number of benzene rings is 1. The third-order valence-electron chi connectivity index (χ3n) is 10.1. The molecule has 5 atom stereocenters. The number of alkyl halides is 2. The second kappa shape index (κ2) is 11.9. The van der Waals surface area contributed by atoms with E-state index in [9.17, 15) is 24.0 Å². The molecule has 4 fully saturated rings. The van der Waals surface area contributed by atoms with Crippen molar-refractivity contribution < 1.29 is 24.0 Å². The zero-order chi connectivity index (χ0) is 30.5. The highest BCUT2D eigenvalue weighted by Gasteiger charge is 2.74. The summed E-state index contributed by atoms with van der Waals surface area (Å²) in [5, 5.41) is 8.74. The van der Waals surface area contributed by atoms with E-state index < -0.39 is 52.0 Å². The molecule has 0 spiro atoms. The number of hydrogen-bond donors (Lipinski definition) is 4. The Kier molecular flexibility index (Phi) is 8.37. The molecule has 5 amide bonds. The Hall–Kier alpha value is -2.85. The van der Waals surface area contributed by atoms with Gasteiger partial charge in [-0.1, -0.05) is 56.4 Å². The molecule has 1 aromatic carbocycles. The summed E-state index contributed by atoms with van der Waals surface area (Å²) in [4.78, 5) is 67.3. The molecule has 0 radical (unpaired) electrons. The third kappa shape index (κ3) is 6.23. The summed E-state index contributed by atoms with van der Waals surface area (Å²) in [5.74, 6) is -3.81. The van der Waals surface area contributed by atoms with Crippen LogP contribution in [0.25, 0.3) is 0 Å². The Morgan fingerprint density at radius 2 is 1.60 bits per heavy atom. The zero-order valence-electron chi connectivity index (χ0n) is 24.0. The fraction of sp³-hybridized carbons (Fsp3) is 0.645.